The topological polar surface area (TPSA) is 26.7 Å². The van der Waals surface area contributed by atoms with E-state index in [2.05, 4.69) is 16.7 Å². The van der Waals surface area contributed by atoms with Gasteiger partial charge >= 0.3 is 0 Å². The molecule has 0 saturated carbocycles. The molecule has 2 rings (SSSR count). The molecule has 1 aliphatic rings. The maximum Gasteiger partial charge on any atom is 0.115 e. The van der Waals surface area contributed by atoms with Gasteiger partial charge in [-0.15, -0.1) is 0 Å². The van der Waals surface area contributed by atoms with Gasteiger partial charge in [0.1, 0.15) is 5.75 Å². The second kappa shape index (κ2) is 7.39. The Morgan fingerprint density at radius 3 is 2.26 bits per heavy atom. The third-order valence-electron chi connectivity index (χ3n) is 3.92. The summed E-state index contributed by atoms with van der Waals surface area (Å²) in [4.78, 5) is 4.98. The van der Waals surface area contributed by atoms with Crippen molar-refractivity contribution < 1.29 is 5.11 Å². The molecule has 106 valence electrons. The summed E-state index contributed by atoms with van der Waals surface area (Å²) in [7, 11) is 0. The van der Waals surface area contributed by atoms with E-state index < -0.39 is 0 Å². The molecule has 3 heteroatoms. The largest absolute Gasteiger partial charge is 0.508 e. The van der Waals surface area contributed by atoms with Gasteiger partial charge in [0.2, 0.25) is 0 Å². The first-order valence-corrected chi connectivity index (χ1v) is 7.56. The highest BCUT2D eigenvalue weighted by atomic mass is 16.3. The maximum atomic E-state index is 9.31. The van der Waals surface area contributed by atoms with Crippen molar-refractivity contribution in [2.45, 2.75) is 32.6 Å². The molecule has 0 spiro atoms. The lowest BCUT2D eigenvalue weighted by molar-refractivity contribution is 0.252. The molecule has 0 amide bonds. The lowest BCUT2D eigenvalue weighted by atomic mass is 10.2. The Morgan fingerprint density at radius 2 is 1.63 bits per heavy atom. The first-order chi connectivity index (χ1) is 9.29. The zero-order valence-corrected chi connectivity index (χ0v) is 12.0. The van der Waals surface area contributed by atoms with E-state index in [0.29, 0.717) is 5.75 Å². The van der Waals surface area contributed by atoms with Gasteiger partial charge in [-0.2, -0.15) is 0 Å². The zero-order chi connectivity index (χ0) is 13.5. The normalized spacial score (nSPS) is 16.8. The molecular formula is C16H26N2O. The number of phenols is 1. The maximum absolute atomic E-state index is 9.31. The summed E-state index contributed by atoms with van der Waals surface area (Å²) in [5.74, 6) is 0.346. The molecule has 1 fully saturated rings. The van der Waals surface area contributed by atoms with Crippen molar-refractivity contribution in [3.63, 3.8) is 0 Å². The fourth-order valence-electron chi connectivity index (χ4n) is 2.66. The van der Waals surface area contributed by atoms with E-state index in [9.17, 15) is 5.11 Å². The van der Waals surface area contributed by atoms with Crippen molar-refractivity contribution in [2.75, 3.05) is 37.6 Å². The van der Waals surface area contributed by atoms with Gasteiger partial charge in [-0.3, -0.25) is 4.90 Å². The van der Waals surface area contributed by atoms with E-state index in [-0.39, 0.29) is 0 Å². The Bertz CT molecular complexity index is 356. The van der Waals surface area contributed by atoms with Crippen LogP contribution in [0.4, 0.5) is 5.69 Å². The highest BCUT2D eigenvalue weighted by molar-refractivity contribution is 5.49. The number of rotatable bonds is 6. The molecular weight excluding hydrogens is 236 g/mol. The number of piperazine rings is 1. The summed E-state index contributed by atoms with van der Waals surface area (Å²) in [6.07, 6.45) is 5.39. The van der Waals surface area contributed by atoms with Crippen LogP contribution >= 0.6 is 0 Å². The molecule has 1 saturated heterocycles. The molecule has 1 aliphatic heterocycles. The van der Waals surface area contributed by atoms with E-state index in [1.807, 2.05) is 12.1 Å². The molecule has 1 heterocycles. The van der Waals surface area contributed by atoms with Crippen LogP contribution in [-0.2, 0) is 0 Å². The number of hydrogen-bond acceptors (Lipinski definition) is 3. The van der Waals surface area contributed by atoms with Crippen LogP contribution in [0.15, 0.2) is 24.3 Å². The second-order valence-corrected chi connectivity index (χ2v) is 5.41. The summed E-state index contributed by atoms with van der Waals surface area (Å²) in [6, 6.07) is 7.55. The van der Waals surface area contributed by atoms with Crippen molar-refractivity contribution in [3.8, 4) is 5.75 Å². The molecule has 19 heavy (non-hydrogen) atoms. The summed E-state index contributed by atoms with van der Waals surface area (Å²) in [5.41, 5.74) is 1.23. The van der Waals surface area contributed by atoms with Gasteiger partial charge in [0.05, 0.1) is 0 Å². The number of phenolic OH excluding ortho intramolecular Hbond substituents is 1. The third-order valence-corrected chi connectivity index (χ3v) is 3.92. The molecule has 1 aromatic carbocycles. The second-order valence-electron chi connectivity index (χ2n) is 5.41. The standard InChI is InChI=1S/C16H26N2O/c1-2-3-4-5-10-17-11-13-18(14-12-17)15-6-8-16(19)9-7-15/h6-9,19H,2-5,10-14H2,1H3. The Balaban J connectivity index is 1.71. The molecule has 0 aliphatic carbocycles. The van der Waals surface area contributed by atoms with Crippen LogP contribution < -0.4 is 4.90 Å². The van der Waals surface area contributed by atoms with Crippen LogP contribution in [0.3, 0.4) is 0 Å². The van der Waals surface area contributed by atoms with E-state index in [0.717, 1.165) is 26.2 Å². The van der Waals surface area contributed by atoms with Crippen LogP contribution in [0.5, 0.6) is 5.75 Å². The van der Waals surface area contributed by atoms with Crippen molar-refractivity contribution in [2.24, 2.45) is 0 Å². The van der Waals surface area contributed by atoms with Crippen molar-refractivity contribution in [1.82, 2.24) is 4.90 Å². The summed E-state index contributed by atoms with van der Waals surface area (Å²) < 4.78 is 0. The Kier molecular flexibility index (Phi) is 5.52. The summed E-state index contributed by atoms with van der Waals surface area (Å²) in [5, 5.41) is 9.31. The first-order valence-electron chi connectivity index (χ1n) is 7.56. The Morgan fingerprint density at radius 1 is 0.947 bits per heavy atom. The zero-order valence-electron chi connectivity index (χ0n) is 12.0. The Labute approximate surface area is 116 Å². The van der Waals surface area contributed by atoms with Gasteiger partial charge < -0.3 is 10.0 Å². The summed E-state index contributed by atoms with van der Waals surface area (Å²) in [6.45, 7) is 8.02. The molecule has 0 unspecified atom stereocenters. The number of aromatic hydroxyl groups is 1. The SMILES string of the molecule is CCCCCCN1CCN(c2ccc(O)cc2)CC1. The molecule has 0 aromatic heterocycles. The van der Waals surface area contributed by atoms with Gasteiger partial charge in [0, 0.05) is 31.9 Å². The number of hydrogen-bond donors (Lipinski definition) is 1. The van der Waals surface area contributed by atoms with E-state index in [1.165, 1.54) is 37.9 Å². The van der Waals surface area contributed by atoms with E-state index >= 15 is 0 Å². The lowest BCUT2D eigenvalue weighted by Crippen LogP contribution is -2.46. The molecule has 0 atom stereocenters. The van der Waals surface area contributed by atoms with Crippen molar-refractivity contribution in [3.05, 3.63) is 24.3 Å². The minimum Gasteiger partial charge on any atom is -0.508 e. The fraction of sp³-hybridized carbons (Fsp3) is 0.625. The van der Waals surface area contributed by atoms with E-state index in [1.54, 1.807) is 12.1 Å². The van der Waals surface area contributed by atoms with Gasteiger partial charge in [0.15, 0.2) is 0 Å². The van der Waals surface area contributed by atoms with Crippen molar-refractivity contribution >= 4 is 5.69 Å². The average Bonchev–Trinajstić information content (AvgIpc) is 2.45. The number of unbranched alkanes of at least 4 members (excludes halogenated alkanes) is 3. The minimum absolute atomic E-state index is 0.346. The predicted molar refractivity (Wildman–Crippen MR) is 80.9 cm³/mol. The van der Waals surface area contributed by atoms with Crippen molar-refractivity contribution in [1.29, 1.82) is 0 Å². The number of anilines is 1. The monoisotopic (exact) mass is 262 g/mol. The fourth-order valence-corrected chi connectivity index (χ4v) is 2.66. The third kappa shape index (κ3) is 4.43. The highest BCUT2D eigenvalue weighted by Gasteiger charge is 2.16. The molecule has 3 nitrogen and oxygen atoms in total. The van der Waals surface area contributed by atoms with Gasteiger partial charge in [-0.25, -0.2) is 0 Å². The highest BCUT2D eigenvalue weighted by Crippen LogP contribution is 2.19. The van der Waals surface area contributed by atoms with Crippen LogP contribution in [0.1, 0.15) is 32.6 Å². The average molecular weight is 262 g/mol. The van der Waals surface area contributed by atoms with Crippen LogP contribution in [-0.4, -0.2) is 42.7 Å². The molecule has 1 aromatic rings. The molecule has 1 N–H and O–H groups in total. The van der Waals surface area contributed by atoms with Gasteiger partial charge in [0.25, 0.3) is 0 Å². The number of benzene rings is 1. The number of nitrogens with zero attached hydrogens (tertiary/aromatic N) is 2. The minimum atomic E-state index is 0.346. The Hall–Kier alpha value is -1.22. The lowest BCUT2D eigenvalue weighted by Gasteiger charge is -2.36. The molecule has 0 radical (unpaired) electrons. The summed E-state index contributed by atoms with van der Waals surface area (Å²) >= 11 is 0. The smallest absolute Gasteiger partial charge is 0.115 e. The predicted octanol–water partition coefficient (Wildman–Crippen LogP) is 3.09. The quantitative estimate of drug-likeness (QED) is 0.798. The van der Waals surface area contributed by atoms with Gasteiger partial charge in [-0.05, 0) is 37.2 Å². The van der Waals surface area contributed by atoms with Crippen LogP contribution in [0.25, 0.3) is 0 Å². The first kappa shape index (κ1) is 14.2. The molecule has 0 bridgehead atoms. The van der Waals surface area contributed by atoms with Crippen LogP contribution in [0, 0.1) is 0 Å². The van der Waals surface area contributed by atoms with Crippen LogP contribution in [0.2, 0.25) is 0 Å². The van der Waals surface area contributed by atoms with Gasteiger partial charge in [-0.1, -0.05) is 26.2 Å². The van der Waals surface area contributed by atoms with E-state index in [4.69, 9.17) is 0 Å².